The summed E-state index contributed by atoms with van der Waals surface area (Å²) >= 11 is 0. The average Bonchev–Trinajstić information content (AvgIpc) is 1.99. The van der Waals surface area contributed by atoms with Gasteiger partial charge in [-0.05, 0) is 6.92 Å². The number of esters is 1. The van der Waals surface area contributed by atoms with E-state index in [2.05, 4.69) is 10.1 Å². The SMILES string of the molecule is CCOC(=O)CN/C=C/C#N. The third kappa shape index (κ3) is 6.38. The summed E-state index contributed by atoms with van der Waals surface area (Å²) in [5, 5.41) is 10.6. The first-order valence-electron chi connectivity index (χ1n) is 3.25. The lowest BCUT2D eigenvalue weighted by Crippen LogP contribution is -2.20. The number of allylic oxidation sites excluding steroid dienone is 1. The number of ether oxygens (including phenoxy) is 1. The fraction of sp³-hybridized carbons (Fsp3) is 0.429. The normalized spacial score (nSPS) is 9.09. The molecule has 0 saturated carbocycles. The van der Waals surface area contributed by atoms with Crippen molar-refractivity contribution >= 4 is 5.97 Å². The Bertz CT molecular complexity index is 181. The van der Waals surface area contributed by atoms with Crippen LogP contribution in [0.1, 0.15) is 6.92 Å². The minimum atomic E-state index is -0.324. The lowest BCUT2D eigenvalue weighted by atomic mass is 10.6. The van der Waals surface area contributed by atoms with E-state index in [0.717, 1.165) is 0 Å². The minimum Gasteiger partial charge on any atom is -0.465 e. The van der Waals surface area contributed by atoms with E-state index in [1.165, 1.54) is 12.3 Å². The molecule has 60 valence electrons. The van der Waals surface area contributed by atoms with E-state index in [-0.39, 0.29) is 12.5 Å². The molecule has 0 heterocycles. The van der Waals surface area contributed by atoms with E-state index >= 15 is 0 Å². The molecule has 0 unspecified atom stereocenters. The van der Waals surface area contributed by atoms with Gasteiger partial charge in [0.1, 0.15) is 6.54 Å². The van der Waals surface area contributed by atoms with Gasteiger partial charge in [0.25, 0.3) is 0 Å². The van der Waals surface area contributed by atoms with Gasteiger partial charge in [-0.3, -0.25) is 4.79 Å². The molecule has 11 heavy (non-hydrogen) atoms. The maximum Gasteiger partial charge on any atom is 0.325 e. The second kappa shape index (κ2) is 6.62. The van der Waals surface area contributed by atoms with Crippen molar-refractivity contribution in [3.63, 3.8) is 0 Å². The Labute approximate surface area is 65.5 Å². The first kappa shape index (κ1) is 9.50. The van der Waals surface area contributed by atoms with Crippen molar-refractivity contribution in [1.82, 2.24) is 5.32 Å². The zero-order valence-electron chi connectivity index (χ0n) is 6.33. The summed E-state index contributed by atoms with van der Waals surface area (Å²) in [4.78, 5) is 10.6. The zero-order valence-corrected chi connectivity index (χ0v) is 6.33. The Morgan fingerprint density at radius 2 is 2.55 bits per heavy atom. The monoisotopic (exact) mass is 154 g/mol. The molecule has 0 amide bonds. The third-order valence-corrected chi connectivity index (χ3v) is 0.827. The van der Waals surface area contributed by atoms with Crippen molar-refractivity contribution in [2.45, 2.75) is 6.92 Å². The van der Waals surface area contributed by atoms with Crippen LogP contribution < -0.4 is 5.32 Å². The van der Waals surface area contributed by atoms with Crippen molar-refractivity contribution in [2.75, 3.05) is 13.2 Å². The van der Waals surface area contributed by atoms with Crippen LogP contribution in [-0.2, 0) is 9.53 Å². The van der Waals surface area contributed by atoms with Crippen molar-refractivity contribution in [3.05, 3.63) is 12.3 Å². The zero-order chi connectivity index (χ0) is 8.53. The highest BCUT2D eigenvalue weighted by Gasteiger charge is 1.95. The summed E-state index contributed by atoms with van der Waals surface area (Å²) in [6.45, 7) is 2.22. The van der Waals surface area contributed by atoms with Crippen LogP contribution in [0, 0.1) is 11.3 Å². The first-order valence-corrected chi connectivity index (χ1v) is 3.25. The molecule has 0 rings (SSSR count). The molecule has 0 saturated heterocycles. The Kier molecular flexibility index (Phi) is 5.72. The standard InChI is InChI=1S/C7H10N2O2/c1-2-11-7(10)6-9-5-3-4-8/h3,5,9H,2,6H2,1H3/b5-3+. The third-order valence-electron chi connectivity index (χ3n) is 0.827. The molecule has 0 bridgehead atoms. The van der Waals surface area contributed by atoms with E-state index in [9.17, 15) is 4.79 Å². The van der Waals surface area contributed by atoms with Crippen LogP contribution in [0.2, 0.25) is 0 Å². The van der Waals surface area contributed by atoms with Crippen molar-refractivity contribution in [2.24, 2.45) is 0 Å². The number of nitrogens with zero attached hydrogens (tertiary/aromatic N) is 1. The molecule has 0 spiro atoms. The Hall–Kier alpha value is -1.50. The quantitative estimate of drug-likeness (QED) is 0.463. The lowest BCUT2D eigenvalue weighted by Gasteiger charge is -1.99. The average molecular weight is 154 g/mol. The molecule has 0 aliphatic carbocycles. The summed E-state index contributed by atoms with van der Waals surface area (Å²) < 4.78 is 4.60. The highest BCUT2D eigenvalue weighted by Crippen LogP contribution is 1.74. The summed E-state index contributed by atoms with van der Waals surface area (Å²) in [5.41, 5.74) is 0. The highest BCUT2D eigenvalue weighted by molar-refractivity contribution is 5.71. The summed E-state index contributed by atoms with van der Waals surface area (Å²) in [7, 11) is 0. The molecule has 4 nitrogen and oxygen atoms in total. The molecule has 0 radical (unpaired) electrons. The second-order valence-corrected chi connectivity index (χ2v) is 1.65. The summed E-state index contributed by atoms with van der Waals surface area (Å²) in [5.74, 6) is -0.324. The molecule has 0 aromatic heterocycles. The van der Waals surface area contributed by atoms with Crippen LogP contribution in [0.25, 0.3) is 0 Å². The largest absolute Gasteiger partial charge is 0.465 e. The highest BCUT2D eigenvalue weighted by atomic mass is 16.5. The summed E-state index contributed by atoms with van der Waals surface area (Å²) in [6, 6.07) is 1.78. The number of nitrogens with one attached hydrogen (secondary N) is 1. The number of hydrogen-bond donors (Lipinski definition) is 1. The molecule has 0 fully saturated rings. The van der Waals surface area contributed by atoms with Gasteiger partial charge in [-0.15, -0.1) is 0 Å². The fourth-order valence-corrected chi connectivity index (χ4v) is 0.450. The number of hydrogen-bond acceptors (Lipinski definition) is 4. The number of carbonyl (C=O) groups is 1. The van der Waals surface area contributed by atoms with Crippen molar-refractivity contribution < 1.29 is 9.53 Å². The van der Waals surface area contributed by atoms with Gasteiger partial charge in [0, 0.05) is 12.3 Å². The van der Waals surface area contributed by atoms with Gasteiger partial charge in [-0.2, -0.15) is 5.26 Å². The van der Waals surface area contributed by atoms with E-state index in [1.54, 1.807) is 13.0 Å². The Morgan fingerprint density at radius 1 is 1.82 bits per heavy atom. The second-order valence-electron chi connectivity index (χ2n) is 1.65. The van der Waals surface area contributed by atoms with Crippen LogP contribution in [0.15, 0.2) is 12.3 Å². The van der Waals surface area contributed by atoms with Crippen LogP contribution >= 0.6 is 0 Å². The van der Waals surface area contributed by atoms with Gasteiger partial charge < -0.3 is 10.1 Å². The van der Waals surface area contributed by atoms with Gasteiger partial charge in [-0.1, -0.05) is 0 Å². The van der Waals surface area contributed by atoms with Crippen molar-refractivity contribution in [1.29, 1.82) is 5.26 Å². The van der Waals surface area contributed by atoms with E-state index in [4.69, 9.17) is 5.26 Å². The van der Waals surface area contributed by atoms with E-state index < -0.39 is 0 Å². The van der Waals surface area contributed by atoms with Gasteiger partial charge in [0.2, 0.25) is 0 Å². The van der Waals surface area contributed by atoms with Gasteiger partial charge in [0.05, 0.1) is 12.7 Å². The number of carbonyl (C=O) groups excluding carboxylic acids is 1. The maximum absolute atomic E-state index is 10.6. The van der Waals surface area contributed by atoms with Crippen LogP contribution in [0.4, 0.5) is 0 Å². The van der Waals surface area contributed by atoms with Crippen LogP contribution in [-0.4, -0.2) is 19.1 Å². The molecule has 0 aliphatic heterocycles. The van der Waals surface area contributed by atoms with Gasteiger partial charge >= 0.3 is 5.97 Å². The molecule has 0 aromatic carbocycles. The molecule has 0 atom stereocenters. The number of rotatable bonds is 4. The minimum absolute atomic E-state index is 0.103. The predicted molar refractivity (Wildman–Crippen MR) is 39.4 cm³/mol. The Morgan fingerprint density at radius 3 is 3.09 bits per heavy atom. The molecular formula is C7H10N2O2. The lowest BCUT2D eigenvalue weighted by molar-refractivity contribution is -0.141. The molecule has 0 aromatic rings. The fourth-order valence-electron chi connectivity index (χ4n) is 0.450. The Balaban J connectivity index is 3.33. The molecule has 0 aliphatic rings. The van der Waals surface area contributed by atoms with E-state index in [0.29, 0.717) is 6.61 Å². The molecular weight excluding hydrogens is 144 g/mol. The van der Waals surface area contributed by atoms with Crippen molar-refractivity contribution in [3.8, 4) is 6.07 Å². The van der Waals surface area contributed by atoms with Crippen LogP contribution in [0.3, 0.4) is 0 Å². The van der Waals surface area contributed by atoms with Crippen LogP contribution in [0.5, 0.6) is 0 Å². The molecule has 1 N–H and O–H groups in total. The van der Waals surface area contributed by atoms with E-state index in [1.807, 2.05) is 0 Å². The number of nitriles is 1. The topological polar surface area (TPSA) is 62.1 Å². The smallest absolute Gasteiger partial charge is 0.325 e. The van der Waals surface area contributed by atoms with Gasteiger partial charge in [0.15, 0.2) is 0 Å². The summed E-state index contributed by atoms with van der Waals surface area (Å²) in [6.07, 6.45) is 2.65. The maximum atomic E-state index is 10.6. The molecule has 4 heteroatoms. The predicted octanol–water partition coefficient (Wildman–Crippen LogP) is 0.176. The first-order chi connectivity index (χ1) is 5.31. The van der Waals surface area contributed by atoms with Gasteiger partial charge in [-0.25, -0.2) is 0 Å².